The highest BCUT2D eigenvalue weighted by molar-refractivity contribution is 7.12. The highest BCUT2D eigenvalue weighted by Crippen LogP contribution is 2.33. The van der Waals surface area contributed by atoms with E-state index in [1.165, 1.54) is 11.3 Å². The topological polar surface area (TPSA) is 87.7 Å². The Morgan fingerprint density at radius 3 is 2.94 bits per heavy atom. The van der Waals surface area contributed by atoms with E-state index in [1.807, 2.05) is 6.20 Å². The second-order valence-corrected chi connectivity index (χ2v) is 8.58. The number of aromatic carboxylic acids is 1. The van der Waals surface area contributed by atoms with Crippen molar-refractivity contribution in [3.63, 3.8) is 0 Å². The van der Waals surface area contributed by atoms with Gasteiger partial charge in [-0.1, -0.05) is 0 Å². The number of aromatic nitrogens is 2. The fourth-order valence-corrected chi connectivity index (χ4v) is 4.86. The van der Waals surface area contributed by atoms with Crippen molar-refractivity contribution in [2.45, 2.75) is 25.2 Å². The quantitative estimate of drug-likeness (QED) is 0.517. The number of fused-ring (bicyclic) bond motifs is 1. The van der Waals surface area contributed by atoms with Gasteiger partial charge in [0.25, 0.3) is 0 Å². The van der Waals surface area contributed by atoms with E-state index in [1.54, 1.807) is 24.8 Å². The summed E-state index contributed by atoms with van der Waals surface area (Å²) in [6.45, 7) is 3.48. The van der Waals surface area contributed by atoms with Crippen LogP contribution >= 0.6 is 11.3 Å². The van der Waals surface area contributed by atoms with E-state index in [4.69, 9.17) is 14.6 Å². The first kappa shape index (κ1) is 21.7. The summed E-state index contributed by atoms with van der Waals surface area (Å²) in [5, 5.41) is 11.3. The number of carboxylic acid groups (broad SMARTS) is 1. The van der Waals surface area contributed by atoms with Crippen molar-refractivity contribution < 1.29 is 23.8 Å². The molecule has 1 aliphatic heterocycles. The standard InChI is InChI=1S/C22H26FN3O4S/c1-29-9-4-15-12-24-19-17(13-25-20(19)18(15)23)14-2-6-26(7-3-14)8-10-30-22-16(21(27)28)5-11-31-22/h5,11-14,25H,2-4,6-10H2,1H3,(H,27,28). The Morgan fingerprint density at radius 1 is 1.39 bits per heavy atom. The molecule has 7 nitrogen and oxygen atoms in total. The minimum absolute atomic E-state index is 0.216. The molecule has 0 bridgehead atoms. The van der Waals surface area contributed by atoms with Crippen LogP contribution in [0, 0.1) is 5.82 Å². The number of nitrogens with zero attached hydrogens (tertiary/aromatic N) is 2. The van der Waals surface area contributed by atoms with Crippen molar-refractivity contribution in [1.82, 2.24) is 14.9 Å². The van der Waals surface area contributed by atoms with E-state index < -0.39 is 5.97 Å². The number of hydrogen-bond acceptors (Lipinski definition) is 6. The van der Waals surface area contributed by atoms with Gasteiger partial charge in [-0.25, -0.2) is 9.18 Å². The van der Waals surface area contributed by atoms with Crippen molar-refractivity contribution in [3.05, 3.63) is 46.3 Å². The minimum Gasteiger partial charge on any atom is -0.482 e. The molecule has 4 rings (SSSR count). The number of halogens is 1. The van der Waals surface area contributed by atoms with Gasteiger partial charge < -0.3 is 19.6 Å². The second-order valence-electron chi connectivity index (χ2n) is 7.70. The first-order chi connectivity index (χ1) is 15.1. The van der Waals surface area contributed by atoms with Crippen molar-refractivity contribution in [1.29, 1.82) is 0 Å². The van der Waals surface area contributed by atoms with E-state index in [0.717, 1.165) is 43.6 Å². The third-order valence-electron chi connectivity index (χ3n) is 5.84. The number of H-pyrrole nitrogens is 1. The lowest BCUT2D eigenvalue weighted by Gasteiger charge is -2.31. The van der Waals surface area contributed by atoms with E-state index in [-0.39, 0.29) is 11.4 Å². The smallest absolute Gasteiger partial charge is 0.340 e. The summed E-state index contributed by atoms with van der Waals surface area (Å²) in [5.74, 6) is -0.873. The molecule has 0 spiro atoms. The highest BCUT2D eigenvalue weighted by atomic mass is 32.1. The van der Waals surface area contributed by atoms with Crippen LogP contribution in [0.4, 0.5) is 4.39 Å². The maximum absolute atomic E-state index is 14.8. The van der Waals surface area contributed by atoms with Crippen LogP contribution in [-0.2, 0) is 11.2 Å². The number of aromatic amines is 1. The summed E-state index contributed by atoms with van der Waals surface area (Å²) in [6.07, 6.45) is 5.94. The van der Waals surface area contributed by atoms with Crippen LogP contribution in [0.15, 0.2) is 23.8 Å². The summed E-state index contributed by atoms with van der Waals surface area (Å²) < 4.78 is 25.5. The Morgan fingerprint density at radius 2 is 2.19 bits per heavy atom. The maximum atomic E-state index is 14.8. The second kappa shape index (κ2) is 9.76. The molecule has 0 amide bonds. The minimum atomic E-state index is -0.966. The Bertz CT molecular complexity index is 1040. The molecular weight excluding hydrogens is 421 g/mol. The number of ether oxygens (including phenoxy) is 2. The van der Waals surface area contributed by atoms with Gasteiger partial charge in [-0.2, -0.15) is 0 Å². The van der Waals surface area contributed by atoms with Crippen LogP contribution in [0.5, 0.6) is 5.06 Å². The van der Waals surface area contributed by atoms with Crippen molar-refractivity contribution in [2.24, 2.45) is 0 Å². The summed E-state index contributed by atoms with van der Waals surface area (Å²) in [5.41, 5.74) is 3.05. The number of rotatable bonds is 9. The van der Waals surface area contributed by atoms with Crippen LogP contribution < -0.4 is 4.74 Å². The van der Waals surface area contributed by atoms with Gasteiger partial charge in [0.1, 0.15) is 17.7 Å². The molecule has 1 aliphatic rings. The highest BCUT2D eigenvalue weighted by Gasteiger charge is 2.25. The molecule has 2 N–H and O–H groups in total. The SMILES string of the molecule is COCCc1cnc2c(C3CCN(CCOc4sccc4C(=O)O)CC3)c[nH]c2c1F. The van der Waals surface area contributed by atoms with Crippen molar-refractivity contribution >= 4 is 28.3 Å². The molecule has 0 radical (unpaired) electrons. The molecule has 3 aromatic rings. The zero-order valence-corrected chi connectivity index (χ0v) is 18.2. The number of likely N-dealkylation sites (tertiary alicyclic amines) is 1. The number of piperidine rings is 1. The maximum Gasteiger partial charge on any atom is 0.340 e. The largest absolute Gasteiger partial charge is 0.482 e. The average molecular weight is 448 g/mol. The van der Waals surface area contributed by atoms with Crippen molar-refractivity contribution in [2.75, 3.05) is 40.0 Å². The number of hydrogen-bond donors (Lipinski definition) is 2. The normalized spacial score (nSPS) is 15.5. The number of methoxy groups -OCH3 is 1. The fraction of sp³-hybridized carbons (Fsp3) is 0.455. The van der Waals surface area contributed by atoms with Crippen LogP contribution in [0.3, 0.4) is 0 Å². The van der Waals surface area contributed by atoms with E-state index in [2.05, 4.69) is 14.9 Å². The van der Waals surface area contributed by atoms with Gasteiger partial charge in [0.2, 0.25) is 0 Å². The van der Waals surface area contributed by atoms with E-state index in [0.29, 0.717) is 41.7 Å². The Kier molecular flexibility index (Phi) is 6.84. The number of thiophene rings is 1. The van der Waals surface area contributed by atoms with Gasteiger partial charge in [0.15, 0.2) is 10.9 Å². The number of carbonyl (C=O) groups is 1. The first-order valence-electron chi connectivity index (χ1n) is 10.4. The predicted octanol–water partition coefficient (Wildman–Crippen LogP) is 3.91. The zero-order valence-electron chi connectivity index (χ0n) is 17.4. The van der Waals surface area contributed by atoms with Crippen LogP contribution in [-0.4, -0.2) is 65.9 Å². The molecule has 0 aromatic carbocycles. The summed E-state index contributed by atoms with van der Waals surface area (Å²) in [6, 6.07) is 1.56. The molecular formula is C22H26FN3O4S. The first-order valence-corrected chi connectivity index (χ1v) is 11.3. The summed E-state index contributed by atoms with van der Waals surface area (Å²) in [7, 11) is 1.60. The van der Waals surface area contributed by atoms with Crippen molar-refractivity contribution in [3.8, 4) is 5.06 Å². The number of nitrogens with one attached hydrogen (secondary N) is 1. The molecule has 0 saturated carbocycles. The lowest BCUT2D eigenvalue weighted by Crippen LogP contribution is -2.35. The van der Waals surface area contributed by atoms with Gasteiger partial charge in [0, 0.05) is 38.0 Å². The Hall–Kier alpha value is -2.49. The zero-order chi connectivity index (χ0) is 21.8. The fourth-order valence-electron chi connectivity index (χ4n) is 4.10. The molecule has 3 aromatic heterocycles. The van der Waals surface area contributed by atoms with Crippen LogP contribution in [0.2, 0.25) is 0 Å². The molecule has 0 aliphatic carbocycles. The predicted molar refractivity (Wildman–Crippen MR) is 117 cm³/mol. The molecule has 166 valence electrons. The Labute approximate surface area is 183 Å². The molecule has 1 fully saturated rings. The molecule has 0 atom stereocenters. The molecule has 9 heteroatoms. The van der Waals surface area contributed by atoms with E-state index >= 15 is 0 Å². The van der Waals surface area contributed by atoms with Gasteiger partial charge in [-0.3, -0.25) is 9.88 Å². The lowest BCUT2D eigenvalue weighted by molar-refractivity contribution is 0.0692. The van der Waals surface area contributed by atoms with Gasteiger partial charge in [-0.15, -0.1) is 11.3 Å². The average Bonchev–Trinajstić information content (AvgIpc) is 3.41. The summed E-state index contributed by atoms with van der Waals surface area (Å²) >= 11 is 1.30. The third-order valence-corrected chi connectivity index (χ3v) is 6.66. The summed E-state index contributed by atoms with van der Waals surface area (Å²) in [4.78, 5) is 21.1. The molecule has 31 heavy (non-hydrogen) atoms. The van der Waals surface area contributed by atoms with Crippen LogP contribution in [0.1, 0.15) is 40.2 Å². The number of pyridine rings is 1. The number of carboxylic acids is 1. The Balaban J connectivity index is 1.32. The van der Waals surface area contributed by atoms with Gasteiger partial charge >= 0.3 is 5.97 Å². The molecule has 0 unspecified atom stereocenters. The van der Waals surface area contributed by atoms with Crippen LogP contribution in [0.25, 0.3) is 11.0 Å². The van der Waals surface area contributed by atoms with E-state index in [9.17, 15) is 9.18 Å². The van der Waals surface area contributed by atoms with Gasteiger partial charge in [-0.05, 0) is 48.9 Å². The van der Waals surface area contributed by atoms with Gasteiger partial charge in [0.05, 0.1) is 12.1 Å². The molecule has 1 saturated heterocycles. The molecule has 4 heterocycles. The monoisotopic (exact) mass is 447 g/mol. The lowest BCUT2D eigenvalue weighted by atomic mass is 9.90. The third kappa shape index (κ3) is 4.73.